The van der Waals surface area contributed by atoms with E-state index in [4.69, 9.17) is 15.2 Å². The quantitative estimate of drug-likeness (QED) is 0.473. The summed E-state index contributed by atoms with van der Waals surface area (Å²) in [7, 11) is 0. The van der Waals surface area contributed by atoms with Crippen LogP contribution in [0.4, 0.5) is 5.95 Å². The fourth-order valence-electron chi connectivity index (χ4n) is 4.20. The van der Waals surface area contributed by atoms with Crippen LogP contribution in [0.2, 0.25) is 0 Å². The number of likely N-dealkylation sites (tertiary alicyclic amines) is 1. The first kappa shape index (κ1) is 21.4. The summed E-state index contributed by atoms with van der Waals surface area (Å²) in [4.78, 5) is 34.2. The molecule has 1 aromatic heterocycles. The Morgan fingerprint density at radius 1 is 1.12 bits per heavy atom. The summed E-state index contributed by atoms with van der Waals surface area (Å²) in [6, 6.07) is 16.3. The van der Waals surface area contributed by atoms with Crippen molar-refractivity contribution in [2.24, 2.45) is 11.7 Å². The van der Waals surface area contributed by atoms with Crippen LogP contribution >= 0.6 is 0 Å². The molecule has 2 aromatic carbocycles. The van der Waals surface area contributed by atoms with Crippen molar-refractivity contribution in [2.45, 2.75) is 12.0 Å². The average Bonchev–Trinajstić information content (AvgIpc) is 3.42. The number of nitrogens with zero attached hydrogens (tertiary/aromatic N) is 3. The molecule has 1 saturated heterocycles. The van der Waals surface area contributed by atoms with E-state index in [2.05, 4.69) is 21.9 Å². The Hall–Kier alpha value is -4.40. The Kier molecular flexibility index (Phi) is 5.37. The molecule has 1 aliphatic heterocycles. The number of amides is 2. The monoisotopic (exact) mass is 457 g/mol. The van der Waals surface area contributed by atoms with Crippen LogP contribution in [-0.4, -0.2) is 45.3 Å². The minimum atomic E-state index is -0.701. The van der Waals surface area contributed by atoms with Crippen molar-refractivity contribution in [1.82, 2.24) is 14.9 Å². The first-order valence-electron chi connectivity index (χ1n) is 10.8. The summed E-state index contributed by atoms with van der Waals surface area (Å²) < 4.78 is 11.6. The maximum Gasteiger partial charge on any atom is 0.255 e. The number of primary amides is 1. The third kappa shape index (κ3) is 4.03. The zero-order valence-electron chi connectivity index (χ0n) is 18.3. The number of nitrogens with two attached hydrogens (primary N) is 1. The topological polar surface area (TPSA) is 120 Å². The Morgan fingerprint density at radius 3 is 2.41 bits per heavy atom. The fourth-order valence-corrected chi connectivity index (χ4v) is 4.20. The van der Waals surface area contributed by atoms with Gasteiger partial charge in [-0.1, -0.05) is 24.8 Å². The van der Waals surface area contributed by atoms with Gasteiger partial charge < -0.3 is 25.4 Å². The van der Waals surface area contributed by atoms with Crippen molar-refractivity contribution in [3.8, 4) is 23.1 Å². The number of carbonyl (C=O) groups excluding carboxylic acids is 2. The van der Waals surface area contributed by atoms with E-state index >= 15 is 0 Å². The smallest absolute Gasteiger partial charge is 0.255 e. The predicted molar refractivity (Wildman–Crippen MR) is 125 cm³/mol. The SMILES string of the molecule is C=CC(=O)N1CC2CC21CNc1ncc(C(N)=O)c(Oc2ccc(Oc3ccccc3)cc2)n1. The van der Waals surface area contributed by atoms with Crippen molar-refractivity contribution in [3.05, 3.63) is 79.0 Å². The molecule has 172 valence electrons. The Balaban J connectivity index is 1.28. The number of ether oxygens (including phenoxy) is 2. The van der Waals surface area contributed by atoms with E-state index in [0.29, 0.717) is 24.0 Å². The second-order valence-corrected chi connectivity index (χ2v) is 8.28. The summed E-state index contributed by atoms with van der Waals surface area (Å²) >= 11 is 0. The molecule has 34 heavy (non-hydrogen) atoms. The van der Waals surface area contributed by atoms with Crippen molar-refractivity contribution < 1.29 is 19.1 Å². The summed E-state index contributed by atoms with van der Waals surface area (Å²) in [5.74, 6) is 1.82. The molecule has 2 amide bonds. The van der Waals surface area contributed by atoms with E-state index in [-0.39, 0.29) is 28.8 Å². The van der Waals surface area contributed by atoms with Crippen LogP contribution in [0, 0.1) is 5.92 Å². The number of fused-ring (bicyclic) bond motifs is 1. The van der Waals surface area contributed by atoms with Crippen molar-refractivity contribution in [1.29, 1.82) is 0 Å². The molecule has 2 fully saturated rings. The standard InChI is InChI=1S/C25H23N5O4/c1-2-21(31)30-14-16-12-25(16,30)15-28-24-27-13-20(22(26)32)23(29-24)34-19-10-8-18(9-11-19)33-17-6-4-3-5-7-17/h2-11,13,16H,1,12,14-15H2,(H2,26,32)(H,27,28,29). The van der Waals surface area contributed by atoms with Crippen LogP contribution in [0.3, 0.4) is 0 Å². The molecule has 9 heteroatoms. The molecular formula is C25H23N5O4. The number of rotatable bonds is 9. The molecule has 3 aromatic rings. The van der Waals surface area contributed by atoms with Crippen LogP contribution in [-0.2, 0) is 4.79 Å². The predicted octanol–water partition coefficient (Wildman–Crippen LogP) is 3.36. The average molecular weight is 457 g/mol. The molecule has 2 aliphatic rings. The van der Waals surface area contributed by atoms with Gasteiger partial charge in [0.05, 0.1) is 5.54 Å². The van der Waals surface area contributed by atoms with Gasteiger partial charge >= 0.3 is 0 Å². The number of carbonyl (C=O) groups is 2. The van der Waals surface area contributed by atoms with Gasteiger partial charge in [0.1, 0.15) is 22.8 Å². The highest BCUT2D eigenvalue weighted by Crippen LogP contribution is 2.57. The second kappa shape index (κ2) is 8.51. The molecule has 2 heterocycles. The molecule has 1 aliphatic carbocycles. The van der Waals surface area contributed by atoms with Gasteiger partial charge in [-0.3, -0.25) is 9.59 Å². The number of aromatic nitrogens is 2. The van der Waals surface area contributed by atoms with Gasteiger partial charge in [-0.25, -0.2) is 4.98 Å². The van der Waals surface area contributed by atoms with E-state index in [1.54, 1.807) is 24.3 Å². The minimum absolute atomic E-state index is 0.0409. The van der Waals surface area contributed by atoms with E-state index < -0.39 is 5.91 Å². The van der Waals surface area contributed by atoms with Crippen LogP contribution in [0.15, 0.2) is 73.4 Å². The number of hydrogen-bond donors (Lipinski definition) is 2. The van der Waals surface area contributed by atoms with E-state index in [9.17, 15) is 9.59 Å². The lowest BCUT2D eigenvalue weighted by Crippen LogP contribution is -2.56. The van der Waals surface area contributed by atoms with Gasteiger partial charge in [-0.15, -0.1) is 0 Å². The Labute approximate surface area is 196 Å². The molecule has 2 atom stereocenters. The van der Waals surface area contributed by atoms with Crippen LogP contribution in [0.1, 0.15) is 16.8 Å². The molecule has 0 spiro atoms. The van der Waals surface area contributed by atoms with Crippen molar-refractivity contribution in [3.63, 3.8) is 0 Å². The van der Waals surface area contributed by atoms with Crippen LogP contribution in [0.25, 0.3) is 0 Å². The van der Waals surface area contributed by atoms with E-state index in [0.717, 1.165) is 18.7 Å². The lowest BCUT2D eigenvalue weighted by Gasteiger charge is -2.40. The zero-order chi connectivity index (χ0) is 23.7. The normalized spacial score (nSPS) is 19.9. The number of anilines is 1. The van der Waals surface area contributed by atoms with E-state index in [1.165, 1.54) is 12.3 Å². The molecule has 9 nitrogen and oxygen atoms in total. The summed E-state index contributed by atoms with van der Waals surface area (Å²) in [6.45, 7) is 4.81. The lowest BCUT2D eigenvalue weighted by atomic mass is 10.0. The third-order valence-electron chi connectivity index (χ3n) is 6.17. The molecule has 0 radical (unpaired) electrons. The highest BCUT2D eigenvalue weighted by Gasteiger charge is 2.68. The number of benzene rings is 2. The second-order valence-electron chi connectivity index (χ2n) is 8.28. The lowest BCUT2D eigenvalue weighted by molar-refractivity contribution is -0.133. The zero-order valence-corrected chi connectivity index (χ0v) is 18.3. The largest absolute Gasteiger partial charge is 0.457 e. The molecule has 0 bridgehead atoms. The van der Waals surface area contributed by atoms with E-state index in [1.807, 2.05) is 35.2 Å². The van der Waals surface area contributed by atoms with Crippen molar-refractivity contribution in [2.75, 3.05) is 18.4 Å². The first-order valence-corrected chi connectivity index (χ1v) is 10.8. The maximum absolute atomic E-state index is 12.0. The summed E-state index contributed by atoms with van der Waals surface area (Å²) in [5, 5.41) is 3.16. The highest BCUT2D eigenvalue weighted by molar-refractivity contribution is 5.95. The van der Waals surface area contributed by atoms with Gasteiger partial charge in [0.2, 0.25) is 17.7 Å². The number of para-hydroxylation sites is 1. The molecule has 3 N–H and O–H groups in total. The third-order valence-corrected chi connectivity index (χ3v) is 6.17. The van der Waals surface area contributed by atoms with Gasteiger partial charge in [-0.2, -0.15) is 4.98 Å². The molecule has 5 rings (SSSR count). The minimum Gasteiger partial charge on any atom is -0.457 e. The molecule has 2 unspecified atom stereocenters. The molecular weight excluding hydrogens is 434 g/mol. The van der Waals surface area contributed by atoms with Crippen molar-refractivity contribution >= 4 is 17.8 Å². The summed E-state index contributed by atoms with van der Waals surface area (Å²) in [6.07, 6.45) is 3.59. The Bertz CT molecular complexity index is 1250. The summed E-state index contributed by atoms with van der Waals surface area (Å²) in [5.41, 5.74) is 5.33. The number of hydrogen-bond acceptors (Lipinski definition) is 7. The first-order chi connectivity index (χ1) is 16.5. The van der Waals surface area contributed by atoms with Crippen LogP contribution in [0.5, 0.6) is 23.1 Å². The highest BCUT2D eigenvalue weighted by atomic mass is 16.5. The Morgan fingerprint density at radius 2 is 1.79 bits per heavy atom. The maximum atomic E-state index is 12.0. The number of nitrogens with one attached hydrogen (secondary N) is 1. The molecule has 1 saturated carbocycles. The fraction of sp³-hybridized carbons (Fsp3) is 0.200. The van der Waals surface area contributed by atoms with Crippen LogP contribution < -0.4 is 20.5 Å². The van der Waals surface area contributed by atoms with Gasteiger partial charge in [0, 0.05) is 25.2 Å². The van der Waals surface area contributed by atoms with Gasteiger partial charge in [-0.05, 0) is 48.9 Å². The van der Waals surface area contributed by atoms with Gasteiger partial charge in [0.25, 0.3) is 5.91 Å². The van der Waals surface area contributed by atoms with Gasteiger partial charge in [0.15, 0.2) is 0 Å².